The molecule has 1 aromatic heterocycles. The van der Waals surface area contributed by atoms with Gasteiger partial charge in [0.1, 0.15) is 5.82 Å². The fourth-order valence-electron chi connectivity index (χ4n) is 6.00. The largest absolute Gasteiger partial charge is 0.493 e. The van der Waals surface area contributed by atoms with Crippen LogP contribution in [0.25, 0.3) is 5.69 Å². The molecule has 0 saturated heterocycles. The second kappa shape index (κ2) is 10.2. The maximum Gasteiger partial charge on any atom is 0.277 e. The zero-order chi connectivity index (χ0) is 28.0. The smallest absolute Gasteiger partial charge is 0.277 e. The minimum Gasteiger partial charge on any atom is -0.493 e. The minimum absolute atomic E-state index is 0.0352. The minimum atomic E-state index is -0.458. The van der Waals surface area contributed by atoms with Crippen molar-refractivity contribution in [3.8, 4) is 17.2 Å². The first-order valence-corrected chi connectivity index (χ1v) is 13.6. The molecule has 0 spiro atoms. The predicted molar refractivity (Wildman–Crippen MR) is 156 cm³/mol. The van der Waals surface area contributed by atoms with E-state index in [1.807, 2.05) is 48.5 Å². The fourth-order valence-corrected chi connectivity index (χ4v) is 6.00. The standard InChI is InChI=1S/C33H33N3O4/c1-19(2)20-10-12-21(13-11-20)29-30-25(34-32-31(29)33(38)36(35-32)24-8-6-5-7-9-24)16-23(17-26(30)37)22-14-15-27(39-3)28(18-22)40-4/h5-15,18-19,23,29,34-35H,16-17H2,1-4H3/t23-,29-/m0/s1. The lowest BCUT2D eigenvalue weighted by Gasteiger charge is -2.34. The summed E-state index contributed by atoms with van der Waals surface area (Å²) in [7, 11) is 3.22. The van der Waals surface area contributed by atoms with Crippen LogP contribution in [-0.4, -0.2) is 29.8 Å². The number of allylic oxidation sites excluding steroid dienone is 2. The fraction of sp³-hybridized carbons (Fsp3) is 0.273. The third-order valence-electron chi connectivity index (χ3n) is 8.12. The normalized spacial score (nSPS) is 18.3. The number of para-hydroxylation sites is 1. The van der Waals surface area contributed by atoms with Crippen molar-refractivity contribution in [1.29, 1.82) is 0 Å². The summed E-state index contributed by atoms with van der Waals surface area (Å²) in [6, 6.07) is 23.7. The monoisotopic (exact) mass is 535 g/mol. The molecule has 2 heterocycles. The SMILES string of the molecule is COc1ccc([C@@H]2CC(=O)C3=C(C2)Nc2[nH]n(-c4ccccc4)c(=O)c2[C@H]3c2ccc(C(C)C)cc2)cc1OC. The van der Waals surface area contributed by atoms with E-state index in [0.29, 0.717) is 47.2 Å². The lowest BCUT2D eigenvalue weighted by atomic mass is 9.72. The summed E-state index contributed by atoms with van der Waals surface area (Å²) in [5.41, 5.74) is 5.84. The molecule has 204 valence electrons. The number of rotatable bonds is 6. The molecule has 40 heavy (non-hydrogen) atoms. The van der Waals surface area contributed by atoms with Gasteiger partial charge in [0.15, 0.2) is 17.3 Å². The first-order chi connectivity index (χ1) is 19.4. The van der Waals surface area contributed by atoms with E-state index in [4.69, 9.17) is 9.47 Å². The van der Waals surface area contributed by atoms with Crippen molar-refractivity contribution in [3.05, 3.63) is 117 Å². The number of aromatic nitrogens is 2. The molecule has 6 rings (SSSR count). The van der Waals surface area contributed by atoms with Crippen molar-refractivity contribution in [2.45, 2.75) is 44.4 Å². The third kappa shape index (κ3) is 4.31. The molecule has 0 saturated carbocycles. The highest BCUT2D eigenvalue weighted by molar-refractivity contribution is 6.01. The number of carbonyl (C=O) groups is 1. The van der Waals surface area contributed by atoms with Gasteiger partial charge >= 0.3 is 0 Å². The number of anilines is 1. The molecule has 2 N–H and O–H groups in total. The summed E-state index contributed by atoms with van der Waals surface area (Å²) >= 11 is 0. The lowest BCUT2D eigenvalue weighted by molar-refractivity contribution is -0.116. The van der Waals surface area contributed by atoms with Crippen LogP contribution in [0, 0.1) is 0 Å². The van der Waals surface area contributed by atoms with Gasteiger partial charge in [-0.25, -0.2) is 4.68 Å². The number of hydrogen-bond donors (Lipinski definition) is 2. The number of nitrogens with zero attached hydrogens (tertiary/aromatic N) is 1. The van der Waals surface area contributed by atoms with Crippen LogP contribution in [-0.2, 0) is 4.79 Å². The van der Waals surface area contributed by atoms with Crippen molar-refractivity contribution >= 4 is 11.6 Å². The molecule has 0 fully saturated rings. The van der Waals surface area contributed by atoms with Gasteiger partial charge in [-0.1, -0.05) is 62.4 Å². The van der Waals surface area contributed by atoms with Crippen LogP contribution in [0.1, 0.15) is 66.7 Å². The van der Waals surface area contributed by atoms with Gasteiger partial charge in [-0.3, -0.25) is 14.7 Å². The van der Waals surface area contributed by atoms with Gasteiger partial charge in [0.25, 0.3) is 5.56 Å². The predicted octanol–water partition coefficient (Wildman–Crippen LogP) is 6.26. The zero-order valence-electron chi connectivity index (χ0n) is 23.2. The molecular weight excluding hydrogens is 502 g/mol. The molecule has 7 heteroatoms. The summed E-state index contributed by atoms with van der Waals surface area (Å²) in [6.45, 7) is 4.31. The molecule has 3 aromatic carbocycles. The first-order valence-electron chi connectivity index (χ1n) is 13.6. The van der Waals surface area contributed by atoms with E-state index in [-0.39, 0.29) is 17.3 Å². The summed E-state index contributed by atoms with van der Waals surface area (Å²) in [4.78, 5) is 27.9. The number of hydrogen-bond acceptors (Lipinski definition) is 5. The van der Waals surface area contributed by atoms with E-state index in [2.05, 4.69) is 48.5 Å². The molecule has 0 radical (unpaired) electrons. The maximum absolute atomic E-state index is 14.0. The number of aromatic amines is 1. The van der Waals surface area contributed by atoms with E-state index in [9.17, 15) is 9.59 Å². The van der Waals surface area contributed by atoms with Crippen molar-refractivity contribution < 1.29 is 14.3 Å². The number of ketones is 1. The topological polar surface area (TPSA) is 85.4 Å². The number of carbonyl (C=O) groups excluding carboxylic acids is 1. The number of nitrogens with one attached hydrogen (secondary N) is 2. The summed E-state index contributed by atoms with van der Waals surface area (Å²) in [6.07, 6.45) is 0.984. The quantitative estimate of drug-likeness (QED) is 0.304. The van der Waals surface area contributed by atoms with E-state index in [1.165, 1.54) is 5.56 Å². The van der Waals surface area contributed by atoms with Crippen molar-refractivity contribution in [2.75, 3.05) is 19.5 Å². The van der Waals surface area contributed by atoms with Gasteiger partial charge in [-0.2, -0.15) is 0 Å². The Bertz CT molecular complexity index is 1660. The molecular formula is C33H33N3O4. The summed E-state index contributed by atoms with van der Waals surface area (Å²) < 4.78 is 12.5. The Hall–Kier alpha value is -4.52. The number of benzene rings is 3. The molecule has 1 aliphatic heterocycles. The van der Waals surface area contributed by atoms with Crippen LogP contribution in [0.3, 0.4) is 0 Å². The lowest BCUT2D eigenvalue weighted by Crippen LogP contribution is -2.32. The van der Waals surface area contributed by atoms with Gasteiger partial charge in [0.2, 0.25) is 0 Å². The highest BCUT2D eigenvalue weighted by atomic mass is 16.5. The van der Waals surface area contributed by atoms with E-state index in [1.54, 1.807) is 18.9 Å². The molecule has 4 aromatic rings. The van der Waals surface area contributed by atoms with Gasteiger partial charge in [0, 0.05) is 23.6 Å². The number of Topliss-reactive ketones (excluding diaryl/α,β-unsaturated/α-hetero) is 1. The van der Waals surface area contributed by atoms with Crippen molar-refractivity contribution in [1.82, 2.24) is 9.78 Å². The van der Waals surface area contributed by atoms with Crippen LogP contribution >= 0.6 is 0 Å². The maximum atomic E-state index is 14.0. The third-order valence-corrected chi connectivity index (χ3v) is 8.12. The zero-order valence-corrected chi connectivity index (χ0v) is 23.2. The number of ether oxygens (including phenoxy) is 2. The first kappa shape index (κ1) is 25.7. The molecule has 2 aliphatic rings. The van der Waals surface area contributed by atoms with Crippen LogP contribution in [0.15, 0.2) is 88.9 Å². The Morgan fingerprint density at radius 3 is 2.23 bits per heavy atom. The second-order valence-electron chi connectivity index (χ2n) is 10.8. The average Bonchev–Trinajstić information content (AvgIpc) is 3.31. The van der Waals surface area contributed by atoms with Crippen LogP contribution < -0.4 is 20.3 Å². The number of fused-ring (bicyclic) bond motifs is 1. The van der Waals surface area contributed by atoms with Crippen molar-refractivity contribution in [2.24, 2.45) is 0 Å². The van der Waals surface area contributed by atoms with E-state index in [0.717, 1.165) is 22.5 Å². The highest BCUT2D eigenvalue weighted by Crippen LogP contribution is 2.47. The van der Waals surface area contributed by atoms with Crippen LogP contribution in [0.4, 0.5) is 5.82 Å². The van der Waals surface area contributed by atoms with Gasteiger partial charge in [-0.05, 0) is 59.2 Å². The molecule has 2 atom stereocenters. The van der Waals surface area contributed by atoms with Gasteiger partial charge in [0.05, 0.1) is 25.5 Å². The highest BCUT2D eigenvalue weighted by Gasteiger charge is 2.41. The number of methoxy groups -OCH3 is 2. The number of H-pyrrole nitrogens is 1. The molecule has 1 aliphatic carbocycles. The Labute approximate surface area is 233 Å². The molecule has 0 amide bonds. The Balaban J connectivity index is 1.47. The Kier molecular flexibility index (Phi) is 6.58. The van der Waals surface area contributed by atoms with Gasteiger partial charge < -0.3 is 14.8 Å². The van der Waals surface area contributed by atoms with Crippen LogP contribution in [0.2, 0.25) is 0 Å². The second-order valence-corrected chi connectivity index (χ2v) is 10.8. The summed E-state index contributed by atoms with van der Waals surface area (Å²) in [5.74, 6) is 1.85. The van der Waals surface area contributed by atoms with Crippen molar-refractivity contribution in [3.63, 3.8) is 0 Å². The Morgan fingerprint density at radius 2 is 1.55 bits per heavy atom. The average molecular weight is 536 g/mol. The van der Waals surface area contributed by atoms with Gasteiger partial charge in [-0.15, -0.1) is 0 Å². The van der Waals surface area contributed by atoms with Crippen LogP contribution in [0.5, 0.6) is 11.5 Å². The molecule has 7 nitrogen and oxygen atoms in total. The molecule has 0 unspecified atom stereocenters. The Morgan fingerprint density at radius 1 is 0.850 bits per heavy atom. The van der Waals surface area contributed by atoms with E-state index >= 15 is 0 Å². The summed E-state index contributed by atoms with van der Waals surface area (Å²) in [5, 5.41) is 6.76. The molecule has 0 bridgehead atoms. The van der Waals surface area contributed by atoms with E-state index < -0.39 is 5.92 Å².